The molecule has 0 amide bonds. The molecule has 13 heteroatoms. The van der Waals surface area contributed by atoms with Gasteiger partial charge < -0.3 is 19.0 Å². The number of hydrogen-bond donors (Lipinski definition) is 1. The molecule has 54 heavy (non-hydrogen) atoms. The molecule has 6 rings (SSSR count). The number of aliphatic hydroxyl groups is 1. The van der Waals surface area contributed by atoms with Crippen LogP contribution in [0.4, 0.5) is 0 Å². The van der Waals surface area contributed by atoms with Gasteiger partial charge in [0.1, 0.15) is 17.1 Å². The summed E-state index contributed by atoms with van der Waals surface area (Å²) in [5, 5.41) is 10.4. The van der Waals surface area contributed by atoms with Gasteiger partial charge in [-0.1, -0.05) is 80.4 Å². The van der Waals surface area contributed by atoms with Crippen LogP contribution in [0.1, 0.15) is 53.8 Å². The van der Waals surface area contributed by atoms with Crippen molar-refractivity contribution in [2.45, 2.75) is 64.8 Å². The Balaban J connectivity index is 1.19. The molecule has 0 bridgehead atoms. The molecule has 288 valence electrons. The van der Waals surface area contributed by atoms with Crippen LogP contribution in [-0.4, -0.2) is 97.6 Å². The number of carbonyl (C=O) groups is 1. The number of benzene rings is 2. The van der Waals surface area contributed by atoms with E-state index in [0.29, 0.717) is 80.9 Å². The molecule has 0 spiro atoms. The first kappa shape index (κ1) is 40.2. The molecule has 0 unspecified atom stereocenters. The smallest absolute Gasteiger partial charge is 0.237 e. The highest BCUT2D eigenvalue weighted by Crippen LogP contribution is 2.41. The summed E-state index contributed by atoms with van der Waals surface area (Å²) >= 11 is 14.1. The van der Waals surface area contributed by atoms with Gasteiger partial charge in [0.15, 0.2) is 14.1 Å². The molecule has 0 saturated carbocycles. The largest absolute Gasteiger partial charge is 0.496 e. The van der Waals surface area contributed by atoms with Crippen molar-refractivity contribution in [3.8, 4) is 34.0 Å². The lowest BCUT2D eigenvalue weighted by atomic mass is 9.97. The molecular formula is C41H51Cl2N5O5Si. The van der Waals surface area contributed by atoms with Crippen LogP contribution in [-0.2, 0) is 30.4 Å². The quantitative estimate of drug-likeness (QED) is 0.101. The summed E-state index contributed by atoms with van der Waals surface area (Å²) < 4.78 is 17.8. The number of likely N-dealkylation sites (tertiary alicyclic amines) is 1. The molecule has 2 aliphatic heterocycles. The monoisotopic (exact) mass is 791 g/mol. The lowest BCUT2D eigenvalue weighted by Gasteiger charge is -2.37. The van der Waals surface area contributed by atoms with Gasteiger partial charge in [-0.3, -0.25) is 19.6 Å². The summed E-state index contributed by atoms with van der Waals surface area (Å²) in [7, 11) is 1.37. The maximum Gasteiger partial charge on any atom is 0.237 e. The van der Waals surface area contributed by atoms with Crippen molar-refractivity contribution in [2.75, 3.05) is 53.6 Å². The molecule has 0 radical (unpaired) electrons. The molecule has 4 heterocycles. The minimum absolute atomic E-state index is 0.0587. The summed E-state index contributed by atoms with van der Waals surface area (Å²) in [5.74, 6) is 1.26. The van der Waals surface area contributed by atoms with Crippen LogP contribution in [0.2, 0.25) is 28.2 Å². The number of ketones is 1. The van der Waals surface area contributed by atoms with Gasteiger partial charge in [0, 0.05) is 93.1 Å². The van der Waals surface area contributed by atoms with Gasteiger partial charge in [0.25, 0.3) is 0 Å². The number of Topliss-reactive ketones (excluding diaryl/α,β-unsaturated/α-hetero) is 1. The van der Waals surface area contributed by atoms with Crippen LogP contribution in [0.25, 0.3) is 22.4 Å². The zero-order chi connectivity index (χ0) is 38.8. The van der Waals surface area contributed by atoms with E-state index in [9.17, 15) is 9.90 Å². The Morgan fingerprint density at radius 1 is 0.981 bits per heavy atom. The van der Waals surface area contributed by atoms with E-state index in [-0.39, 0.29) is 23.8 Å². The first-order valence-electron chi connectivity index (χ1n) is 18.5. The number of aromatic nitrogens is 3. The van der Waals surface area contributed by atoms with Gasteiger partial charge in [0.2, 0.25) is 5.88 Å². The van der Waals surface area contributed by atoms with E-state index in [0.717, 1.165) is 49.6 Å². The topological polar surface area (TPSA) is 110 Å². The maximum atomic E-state index is 13.9. The van der Waals surface area contributed by atoms with E-state index in [4.69, 9.17) is 47.1 Å². The van der Waals surface area contributed by atoms with Crippen molar-refractivity contribution in [2.24, 2.45) is 5.92 Å². The van der Waals surface area contributed by atoms with E-state index < -0.39 is 8.32 Å². The van der Waals surface area contributed by atoms with Gasteiger partial charge in [-0.25, -0.2) is 9.97 Å². The molecule has 10 nitrogen and oxygen atoms in total. The number of pyridine rings is 1. The summed E-state index contributed by atoms with van der Waals surface area (Å²) in [6.45, 7) is 16.7. The molecule has 4 aromatic rings. The van der Waals surface area contributed by atoms with Gasteiger partial charge in [0.05, 0.1) is 41.8 Å². The molecule has 2 aromatic carbocycles. The third-order valence-electron chi connectivity index (χ3n) is 11.1. The second kappa shape index (κ2) is 16.7. The second-order valence-electron chi connectivity index (χ2n) is 15.8. The summed E-state index contributed by atoms with van der Waals surface area (Å²) in [4.78, 5) is 32.7. The van der Waals surface area contributed by atoms with E-state index in [2.05, 4.69) is 48.6 Å². The Hall–Kier alpha value is -3.42. The van der Waals surface area contributed by atoms with Gasteiger partial charge in [-0.2, -0.15) is 0 Å². The van der Waals surface area contributed by atoms with Gasteiger partial charge >= 0.3 is 0 Å². The van der Waals surface area contributed by atoms with E-state index >= 15 is 0 Å². The number of fused-ring (bicyclic) bond motifs is 1. The SMILES string of the molecule is COc1cc(C(=O)Cc2cccc(-c3cccc(-c4cnc(CN5CC(CO)C5)c(OC)n4)c3Cl)c2Cl)nc2c1CCN(CCO[Si](C)(C)C(C)(C)C)C2. The van der Waals surface area contributed by atoms with Crippen LogP contribution in [0, 0.1) is 5.92 Å². The number of aliphatic hydroxyl groups excluding tert-OH is 1. The van der Waals surface area contributed by atoms with Crippen molar-refractivity contribution in [1.82, 2.24) is 24.8 Å². The molecule has 2 aromatic heterocycles. The first-order valence-corrected chi connectivity index (χ1v) is 22.2. The zero-order valence-corrected chi connectivity index (χ0v) is 34.9. The number of halogens is 2. The Bertz CT molecular complexity index is 2000. The summed E-state index contributed by atoms with van der Waals surface area (Å²) in [6, 6.07) is 13.1. The fourth-order valence-corrected chi connectivity index (χ4v) is 8.43. The lowest BCUT2D eigenvalue weighted by molar-refractivity contribution is 0.0462. The Labute approximate surface area is 329 Å². The molecule has 1 saturated heterocycles. The van der Waals surface area contributed by atoms with Crippen LogP contribution in [0.5, 0.6) is 11.6 Å². The van der Waals surface area contributed by atoms with Gasteiger partial charge in [-0.15, -0.1) is 0 Å². The zero-order valence-electron chi connectivity index (χ0n) is 32.3. The Kier molecular flexibility index (Phi) is 12.5. The summed E-state index contributed by atoms with van der Waals surface area (Å²) in [6.07, 6.45) is 2.55. The van der Waals surface area contributed by atoms with Crippen molar-refractivity contribution in [3.63, 3.8) is 0 Å². The maximum absolute atomic E-state index is 13.9. The van der Waals surface area contributed by atoms with Crippen LogP contribution < -0.4 is 9.47 Å². The number of methoxy groups -OCH3 is 2. The van der Waals surface area contributed by atoms with Crippen LogP contribution >= 0.6 is 23.2 Å². The third-order valence-corrected chi connectivity index (χ3v) is 16.5. The van der Waals surface area contributed by atoms with Crippen molar-refractivity contribution in [3.05, 3.63) is 86.9 Å². The highest BCUT2D eigenvalue weighted by Gasteiger charge is 2.37. The van der Waals surface area contributed by atoms with E-state index in [1.54, 1.807) is 26.5 Å². The Morgan fingerprint density at radius 3 is 2.37 bits per heavy atom. The molecule has 1 N–H and O–H groups in total. The molecule has 2 aliphatic rings. The predicted octanol–water partition coefficient (Wildman–Crippen LogP) is 7.76. The van der Waals surface area contributed by atoms with Crippen molar-refractivity contribution < 1.29 is 23.8 Å². The Morgan fingerprint density at radius 2 is 1.69 bits per heavy atom. The predicted molar refractivity (Wildman–Crippen MR) is 216 cm³/mol. The third kappa shape index (κ3) is 8.68. The minimum Gasteiger partial charge on any atom is -0.496 e. The standard InChI is InChI=1S/C41H51Cl2N5O5Si/c1-41(2,3)54(6,7)53-17-16-47-15-14-30-34(23-47)45-32(19-37(30)51-4)36(50)18-27-10-8-11-28(38(27)42)29-12-9-13-31(39(29)43)33-20-44-35(40(46-33)52-5)24-48-21-26(22-48)25-49/h8-13,19-20,26,49H,14-18,21-25H2,1-7H3. The fourth-order valence-electron chi connectivity index (χ4n) is 6.78. The molecule has 0 aliphatic carbocycles. The second-order valence-corrected chi connectivity index (χ2v) is 21.3. The van der Waals surface area contributed by atoms with Crippen molar-refractivity contribution in [1.29, 1.82) is 0 Å². The average molecular weight is 793 g/mol. The highest BCUT2D eigenvalue weighted by molar-refractivity contribution is 6.74. The lowest BCUT2D eigenvalue weighted by Crippen LogP contribution is -2.47. The van der Waals surface area contributed by atoms with Crippen LogP contribution in [0.15, 0.2) is 48.7 Å². The molecule has 1 fully saturated rings. The van der Waals surface area contributed by atoms with Gasteiger partial charge in [-0.05, 0) is 30.1 Å². The normalized spacial score (nSPS) is 15.5. The van der Waals surface area contributed by atoms with E-state index in [1.807, 2.05) is 36.4 Å². The highest BCUT2D eigenvalue weighted by atomic mass is 35.5. The number of ether oxygens (including phenoxy) is 2. The summed E-state index contributed by atoms with van der Waals surface area (Å²) in [5.41, 5.74) is 6.31. The van der Waals surface area contributed by atoms with E-state index in [1.165, 1.54) is 0 Å². The minimum atomic E-state index is -1.84. The number of nitrogens with zero attached hydrogens (tertiary/aromatic N) is 5. The van der Waals surface area contributed by atoms with Crippen molar-refractivity contribution >= 4 is 37.3 Å². The first-order chi connectivity index (χ1) is 25.7. The molecule has 0 atom stereocenters. The van der Waals surface area contributed by atoms with Crippen LogP contribution in [0.3, 0.4) is 0 Å². The average Bonchev–Trinajstić information content (AvgIpc) is 3.13. The number of rotatable bonds is 14. The fraction of sp³-hybridized carbons (Fsp3) is 0.463. The number of hydrogen-bond acceptors (Lipinski definition) is 10. The molecular weight excluding hydrogens is 741 g/mol. The number of carbonyl (C=O) groups excluding carboxylic acids is 1.